The van der Waals surface area contributed by atoms with Gasteiger partial charge in [-0.2, -0.15) is 0 Å². The van der Waals surface area contributed by atoms with E-state index in [0.29, 0.717) is 28.4 Å². The van der Waals surface area contributed by atoms with Gasteiger partial charge >= 0.3 is 12.3 Å². The molecule has 3 saturated carbocycles. The van der Waals surface area contributed by atoms with Crippen molar-refractivity contribution >= 4 is 22.6 Å². The molecule has 1 spiro atoms. The highest BCUT2D eigenvalue weighted by molar-refractivity contribution is 5.94. The molecular weight excluding hydrogens is 623 g/mol. The van der Waals surface area contributed by atoms with Crippen LogP contribution in [0.5, 0.6) is 11.5 Å². The number of benzene rings is 2. The van der Waals surface area contributed by atoms with Gasteiger partial charge in [-0.3, -0.25) is 0 Å². The van der Waals surface area contributed by atoms with Gasteiger partial charge in [-0.1, -0.05) is 17.3 Å². The molecule has 11 heteroatoms. The third-order valence-electron chi connectivity index (χ3n) is 10.8. The summed E-state index contributed by atoms with van der Waals surface area (Å²) in [5, 5.41) is 14.8. The van der Waals surface area contributed by atoms with Crippen molar-refractivity contribution in [2.45, 2.75) is 89.0 Å². The molecule has 3 heterocycles. The van der Waals surface area contributed by atoms with Crippen LogP contribution in [0, 0.1) is 11.3 Å². The fourth-order valence-electron chi connectivity index (χ4n) is 8.29. The van der Waals surface area contributed by atoms with Crippen molar-refractivity contribution in [1.29, 1.82) is 0 Å². The zero-order chi connectivity index (χ0) is 33.0. The lowest BCUT2D eigenvalue weighted by Crippen LogP contribution is -2.47. The van der Waals surface area contributed by atoms with Gasteiger partial charge in [0.15, 0.2) is 5.69 Å². The van der Waals surface area contributed by atoms with Gasteiger partial charge in [0, 0.05) is 47.3 Å². The Kier molecular flexibility index (Phi) is 7.75. The molecular formula is C37H38F3N3O5. The van der Waals surface area contributed by atoms with Gasteiger partial charge in [0.25, 0.3) is 0 Å². The van der Waals surface area contributed by atoms with Crippen LogP contribution in [0.25, 0.3) is 22.2 Å². The molecule has 4 fully saturated rings. The highest BCUT2D eigenvalue weighted by Crippen LogP contribution is 2.55. The van der Waals surface area contributed by atoms with Gasteiger partial charge in [-0.25, -0.2) is 9.78 Å². The van der Waals surface area contributed by atoms with Crippen LogP contribution in [-0.4, -0.2) is 46.8 Å². The molecule has 0 radical (unpaired) electrons. The summed E-state index contributed by atoms with van der Waals surface area (Å²) in [5.41, 5.74) is 3.64. The van der Waals surface area contributed by atoms with Crippen LogP contribution in [-0.2, 0) is 6.42 Å². The third-order valence-corrected chi connectivity index (χ3v) is 10.8. The fraction of sp³-hybridized carbons (Fsp3) is 0.486. The normalized spacial score (nSPS) is 19.9. The first kappa shape index (κ1) is 31.0. The molecule has 4 aromatic rings. The molecule has 0 unspecified atom stereocenters. The Bertz CT molecular complexity index is 1830. The van der Waals surface area contributed by atoms with E-state index in [1.807, 2.05) is 12.1 Å². The second-order valence-electron chi connectivity index (χ2n) is 14.2. The molecule has 1 saturated heterocycles. The molecule has 4 aliphatic rings. The van der Waals surface area contributed by atoms with Crippen LogP contribution in [0.3, 0.4) is 0 Å². The van der Waals surface area contributed by atoms with Crippen molar-refractivity contribution < 1.29 is 37.1 Å². The van der Waals surface area contributed by atoms with Crippen molar-refractivity contribution in [3.8, 4) is 22.8 Å². The predicted octanol–water partition coefficient (Wildman–Crippen LogP) is 8.92. The Balaban J connectivity index is 0.959. The maximum atomic E-state index is 13.2. The average molecular weight is 662 g/mol. The number of rotatable bonds is 9. The van der Waals surface area contributed by atoms with Gasteiger partial charge in [-0.05, 0) is 112 Å². The number of anilines is 1. The maximum Gasteiger partial charge on any atom is 0.573 e. The summed E-state index contributed by atoms with van der Waals surface area (Å²) < 4.78 is 56.1. The predicted molar refractivity (Wildman–Crippen MR) is 172 cm³/mol. The Labute approximate surface area is 276 Å². The number of carboxylic acids is 1. The molecule has 0 amide bonds. The molecule has 2 aromatic carbocycles. The van der Waals surface area contributed by atoms with Crippen molar-refractivity contribution in [1.82, 2.24) is 10.1 Å². The third kappa shape index (κ3) is 6.19. The van der Waals surface area contributed by atoms with E-state index in [1.165, 1.54) is 12.1 Å². The summed E-state index contributed by atoms with van der Waals surface area (Å²) in [6, 6.07) is 13.7. The van der Waals surface area contributed by atoms with Crippen molar-refractivity contribution in [3.63, 3.8) is 0 Å². The molecule has 0 bridgehead atoms. The maximum absolute atomic E-state index is 13.2. The lowest BCUT2D eigenvalue weighted by molar-refractivity contribution is -0.274. The van der Waals surface area contributed by atoms with Gasteiger partial charge in [0.2, 0.25) is 0 Å². The van der Waals surface area contributed by atoms with Crippen LogP contribution in [0.4, 0.5) is 18.9 Å². The summed E-state index contributed by atoms with van der Waals surface area (Å²) in [6.07, 6.45) is 6.46. The number of aromatic carboxylic acids is 1. The number of fused-ring (bicyclic) bond motifs is 1. The molecule has 252 valence electrons. The monoisotopic (exact) mass is 661 g/mol. The number of para-hydroxylation sites is 1. The number of piperidine rings is 1. The molecule has 8 rings (SSSR count). The quantitative estimate of drug-likeness (QED) is 0.190. The minimum atomic E-state index is -4.80. The Morgan fingerprint density at radius 2 is 1.75 bits per heavy atom. The zero-order valence-corrected chi connectivity index (χ0v) is 26.6. The first-order valence-electron chi connectivity index (χ1n) is 17.1. The molecule has 48 heavy (non-hydrogen) atoms. The first-order chi connectivity index (χ1) is 23.1. The van der Waals surface area contributed by atoms with Gasteiger partial charge in [0.1, 0.15) is 23.0 Å². The summed E-state index contributed by atoms with van der Waals surface area (Å²) in [6.45, 7) is 1.82. The van der Waals surface area contributed by atoms with Crippen LogP contribution in [0.2, 0.25) is 0 Å². The van der Waals surface area contributed by atoms with E-state index in [9.17, 15) is 23.1 Å². The largest absolute Gasteiger partial charge is 0.573 e. The summed E-state index contributed by atoms with van der Waals surface area (Å²) in [5.74, 6) is 0.775. The van der Waals surface area contributed by atoms with Crippen LogP contribution in [0.15, 0.2) is 53.1 Å². The van der Waals surface area contributed by atoms with Gasteiger partial charge in [0.05, 0.1) is 11.6 Å². The number of nitrogens with zero attached hydrogens (tertiary/aromatic N) is 3. The van der Waals surface area contributed by atoms with Crippen molar-refractivity contribution in [2.24, 2.45) is 11.3 Å². The molecule has 3 aliphatic carbocycles. The highest BCUT2D eigenvalue weighted by Gasteiger charge is 2.47. The SMILES string of the molecule is O=C(O)c1cc(OC2CCCC2)c2cc(N3CCC4(CC3)CC(Cc3c(-c5ccccc5OC(F)(F)F)noc3C3CC3)C4)ccc2n1. The van der Waals surface area contributed by atoms with E-state index in [2.05, 4.69) is 25.8 Å². The summed E-state index contributed by atoms with van der Waals surface area (Å²) >= 11 is 0. The number of carbonyl (C=O) groups is 1. The van der Waals surface area contributed by atoms with E-state index < -0.39 is 12.3 Å². The Morgan fingerprint density at radius 3 is 2.46 bits per heavy atom. The van der Waals surface area contributed by atoms with E-state index in [1.54, 1.807) is 18.2 Å². The number of alkyl halides is 3. The number of hydrogen-bond donors (Lipinski definition) is 1. The van der Waals surface area contributed by atoms with E-state index in [0.717, 1.165) is 106 Å². The number of aromatic nitrogens is 2. The minimum Gasteiger partial charge on any atom is -0.490 e. The van der Waals surface area contributed by atoms with Gasteiger partial charge < -0.3 is 24.0 Å². The second-order valence-corrected chi connectivity index (χ2v) is 14.2. The average Bonchev–Trinajstić information content (AvgIpc) is 3.60. The smallest absolute Gasteiger partial charge is 0.490 e. The van der Waals surface area contributed by atoms with Crippen LogP contribution >= 0.6 is 0 Å². The van der Waals surface area contributed by atoms with E-state index in [4.69, 9.17) is 9.26 Å². The Morgan fingerprint density at radius 1 is 1.00 bits per heavy atom. The van der Waals surface area contributed by atoms with Gasteiger partial charge in [-0.15, -0.1) is 13.2 Å². The van der Waals surface area contributed by atoms with Crippen molar-refractivity contribution in [3.05, 3.63) is 65.5 Å². The highest BCUT2D eigenvalue weighted by atomic mass is 19.4. The van der Waals surface area contributed by atoms with E-state index >= 15 is 0 Å². The number of carboxylic acid groups (broad SMARTS) is 1. The number of hydrogen-bond acceptors (Lipinski definition) is 7. The second kappa shape index (κ2) is 12.0. The zero-order valence-electron chi connectivity index (χ0n) is 26.6. The molecule has 1 N–H and O–H groups in total. The summed E-state index contributed by atoms with van der Waals surface area (Å²) in [4.78, 5) is 18.5. The lowest BCUT2D eigenvalue weighted by atomic mass is 9.56. The standard InChI is InChI=1S/C37H38F3N3O5/c38-37(39,40)47-31-8-4-3-7-26(31)33-28(34(48-42-33)23-9-10-23)17-22-20-36(21-22)13-15-43(16-14-36)24-11-12-29-27(18-24)32(19-30(41-29)35(44)45)46-25-5-1-2-6-25/h3-4,7-8,11-12,18-19,22-23,25H,1-2,5-6,9-10,13-17,20-21H2,(H,44,45). The molecule has 1 aliphatic heterocycles. The number of halogens is 3. The topological polar surface area (TPSA) is 97.9 Å². The number of ether oxygens (including phenoxy) is 2. The summed E-state index contributed by atoms with van der Waals surface area (Å²) in [7, 11) is 0. The van der Waals surface area contributed by atoms with Crippen molar-refractivity contribution in [2.75, 3.05) is 18.0 Å². The molecule has 2 aromatic heterocycles. The number of pyridine rings is 1. The lowest BCUT2D eigenvalue weighted by Gasteiger charge is -2.53. The minimum absolute atomic E-state index is 0.0101. The van der Waals surface area contributed by atoms with Crippen LogP contribution in [0.1, 0.15) is 91.9 Å². The van der Waals surface area contributed by atoms with Crippen LogP contribution < -0.4 is 14.4 Å². The molecule has 8 nitrogen and oxygen atoms in total. The first-order valence-corrected chi connectivity index (χ1v) is 17.1. The molecule has 0 atom stereocenters. The Hall–Kier alpha value is -4.28. The van der Waals surface area contributed by atoms with E-state index in [-0.39, 0.29) is 28.9 Å². The fourth-order valence-corrected chi connectivity index (χ4v) is 8.29.